The van der Waals surface area contributed by atoms with Gasteiger partial charge >= 0.3 is 17.9 Å². The van der Waals surface area contributed by atoms with E-state index in [-0.39, 0.29) is 56.9 Å². The molecule has 2 aromatic carbocycles. The van der Waals surface area contributed by atoms with Crippen molar-refractivity contribution in [2.45, 2.75) is 242 Å². The van der Waals surface area contributed by atoms with E-state index in [1.165, 1.54) is 15.9 Å². The predicted octanol–water partition coefficient (Wildman–Crippen LogP) is 9.52. The number of nitrogens with one attached hydrogen (secondary N) is 2. The summed E-state index contributed by atoms with van der Waals surface area (Å²) in [6.45, 7) is 29.4. The minimum absolute atomic E-state index is 0.0401. The number of aromatic nitrogens is 2. The van der Waals surface area contributed by atoms with Crippen molar-refractivity contribution in [3.8, 4) is 23.0 Å². The summed E-state index contributed by atoms with van der Waals surface area (Å²) >= 11 is 0. The largest absolute Gasteiger partial charge is 0.497 e. The second-order valence-corrected chi connectivity index (χ2v) is 38.5. The van der Waals surface area contributed by atoms with Gasteiger partial charge in [0.15, 0.2) is 15.6 Å². The molecule has 12 rings (SSSR count). The van der Waals surface area contributed by atoms with E-state index in [0.717, 1.165) is 66.2 Å². The van der Waals surface area contributed by atoms with Gasteiger partial charge in [0.2, 0.25) is 33.7 Å². The van der Waals surface area contributed by atoms with Crippen LogP contribution in [-0.4, -0.2) is 179 Å². The molecule has 2 aromatic heterocycles. The molecule has 4 heterocycles. The Kier molecular flexibility index (Phi) is 23.3. The van der Waals surface area contributed by atoms with Crippen LogP contribution in [0.5, 0.6) is 23.0 Å². The van der Waals surface area contributed by atoms with E-state index < -0.39 is 159 Å². The zero-order valence-corrected chi connectivity index (χ0v) is 65.7. The van der Waals surface area contributed by atoms with E-state index >= 15 is 0 Å². The van der Waals surface area contributed by atoms with Crippen molar-refractivity contribution in [1.29, 1.82) is 0 Å². The lowest BCUT2D eigenvalue weighted by Gasteiger charge is -2.35. The molecular formula is C79H107N7O19S2. The number of nitrogens with two attached hydrogens (primary N) is 1. The quantitative estimate of drug-likeness (QED) is 0.0335. The number of rotatable bonds is 26. The number of carboxylic acid groups (broad SMARTS) is 1. The SMILES string of the molecule is C=C[C@@H]1C[C@]1(NC(=O)[C@@H]1C[C@@H](Oc2cc(C3CC3)nc3cc(OC)ccc23)CN1C(=O)[C@@H](CC(=O)OC(C)(C)C)C(C)(C)C)C(=O)CS(=O)(=O)C1CC1.C=C[C@@H]1C[C@]1(NC(=O)[C@@H]1C[C@@H](Oc2cc(C3CC3)nc3cc(OC)ccc23)CN1C(=O)[C@@H](CC(=O)OC(C)(C)C)C(C)(C)C)C(=O)O.NS(=O)(=O)C1CC1. The smallest absolute Gasteiger partial charge is 0.330 e. The number of methoxy groups -OCH3 is 2. The van der Waals surface area contributed by atoms with Crippen LogP contribution in [0.25, 0.3) is 21.8 Å². The number of sulfone groups is 1. The maximum atomic E-state index is 14.6. The first kappa shape index (κ1) is 81.3. The number of amides is 4. The Morgan fingerprint density at radius 3 is 1.28 bits per heavy atom. The molecule has 2 aliphatic heterocycles. The van der Waals surface area contributed by atoms with Crippen molar-refractivity contribution in [2.75, 3.05) is 33.1 Å². The Balaban J connectivity index is 0.000000210. The minimum atomic E-state index is -3.64. The molecule has 28 heteroatoms. The standard InChI is InChI=1S/C40H53N3O9S.C36H47N3O8.C3H7NO2S/c1-9-24-20-40(24,34(44)22-53(48,49)27-13-14-27)42-36(46)32-17-26(21-43(32)37(47)29(38(2,3)4)18-35(45)52-39(5,6)7)51-33-19-30(23-10-11-23)41-31-16-25(50-8)12-15-28(31)33;1-9-21-18-36(21,33(43)44)38-31(41)28-15-23(19-39(28)32(42)25(34(2,3)4)16-30(40)47-35(5,6)7)46-29-17-26(20-10-11-20)37-27-14-22(45-8)12-13-24(27)29;4-7(5,6)3-1-2-3/h9,12,15-16,19,23-24,26-27,29,32H,1,10-11,13-14,17-18,20-22H2,2-8H3,(H,42,46);9,12-14,17,20-21,23,25,28H,1,10-11,15-16,18-19H2,2-8H3,(H,38,41)(H,43,44);3H,1-2H2,(H2,4,5,6)/t24-,26-,29-,32+,40-;21-,23-,25-,28+,36-;/m11./s1. The van der Waals surface area contributed by atoms with Crippen molar-refractivity contribution in [3.63, 3.8) is 0 Å². The van der Waals surface area contributed by atoms with Crippen LogP contribution >= 0.6 is 0 Å². The van der Waals surface area contributed by atoms with Crippen LogP contribution in [-0.2, 0) is 67.7 Å². The maximum absolute atomic E-state index is 14.6. The first-order valence-electron chi connectivity index (χ1n) is 37.0. The van der Waals surface area contributed by atoms with Crippen LogP contribution in [0, 0.1) is 34.5 Å². The number of Topliss-reactive ketones (excluding diaryl/α,β-unsaturated/α-hetero) is 1. The summed E-state index contributed by atoms with van der Waals surface area (Å²) in [7, 11) is -3.58. The number of fused-ring (bicyclic) bond motifs is 2. The molecule has 10 atom stereocenters. The van der Waals surface area contributed by atoms with E-state index in [9.17, 15) is 60.3 Å². The molecule has 8 fully saturated rings. The number of primary sulfonamides is 1. The highest BCUT2D eigenvalue weighted by atomic mass is 32.2. The van der Waals surface area contributed by atoms with Gasteiger partial charge in [-0.3, -0.25) is 43.5 Å². The van der Waals surface area contributed by atoms with Gasteiger partial charge in [-0.05, 0) is 141 Å². The highest BCUT2D eigenvalue weighted by molar-refractivity contribution is 7.93. The summed E-state index contributed by atoms with van der Waals surface area (Å²) in [5.41, 5.74) is -2.47. The number of likely N-dealkylation sites (tertiary alicyclic amines) is 2. The second-order valence-electron chi connectivity index (χ2n) is 34.3. The van der Waals surface area contributed by atoms with Gasteiger partial charge in [-0.25, -0.2) is 26.8 Å². The molecule has 26 nitrogen and oxygen atoms in total. The van der Waals surface area contributed by atoms with E-state index in [2.05, 4.69) is 23.8 Å². The van der Waals surface area contributed by atoms with Crippen molar-refractivity contribution < 1.29 is 88.7 Å². The number of aliphatic carboxylic acids is 1. The van der Waals surface area contributed by atoms with Gasteiger partial charge in [0.05, 0.1) is 73.5 Å². The van der Waals surface area contributed by atoms with Gasteiger partial charge < -0.3 is 54.0 Å². The third-order valence-corrected chi connectivity index (χ3v) is 24.6. The molecular weight excluding hydrogens is 1420 g/mol. The number of ketones is 1. The zero-order valence-electron chi connectivity index (χ0n) is 64.1. The summed E-state index contributed by atoms with van der Waals surface area (Å²) in [6, 6.07) is 12.9. The number of carbonyl (C=O) groups is 8. The molecule has 6 aliphatic carbocycles. The van der Waals surface area contributed by atoms with Crippen molar-refractivity contribution in [1.82, 2.24) is 30.4 Å². The topological polar surface area (TPSA) is 363 Å². The molecule has 5 N–H and O–H groups in total. The van der Waals surface area contributed by atoms with Crippen LogP contribution in [0.2, 0.25) is 0 Å². The van der Waals surface area contributed by atoms with Gasteiger partial charge in [0, 0.05) is 82.9 Å². The molecule has 0 unspecified atom stereocenters. The molecule has 0 radical (unpaired) electrons. The summed E-state index contributed by atoms with van der Waals surface area (Å²) in [5.74, 6) is -4.75. The molecule has 584 valence electrons. The van der Waals surface area contributed by atoms with Crippen LogP contribution in [0.4, 0.5) is 0 Å². The molecule has 8 aliphatic rings. The lowest BCUT2D eigenvalue weighted by atomic mass is 9.77. The molecule has 0 spiro atoms. The first-order chi connectivity index (χ1) is 49.8. The normalized spacial score (nSPS) is 24.7. The molecule has 4 amide bonds. The van der Waals surface area contributed by atoms with Crippen LogP contribution < -0.4 is 34.7 Å². The van der Waals surface area contributed by atoms with Gasteiger partial charge in [-0.15, -0.1) is 13.2 Å². The van der Waals surface area contributed by atoms with Gasteiger partial charge in [0.25, 0.3) is 0 Å². The Labute approximate surface area is 627 Å². The number of nitrogens with zero attached hydrogens (tertiary/aromatic N) is 4. The lowest BCUT2D eigenvalue weighted by molar-refractivity contribution is -0.161. The van der Waals surface area contributed by atoms with E-state index in [4.69, 9.17) is 43.5 Å². The average molecular weight is 1520 g/mol. The highest BCUT2D eigenvalue weighted by Crippen LogP contribution is 2.49. The lowest BCUT2D eigenvalue weighted by Crippen LogP contribution is -2.55. The third kappa shape index (κ3) is 19.8. The van der Waals surface area contributed by atoms with Gasteiger partial charge in [0.1, 0.15) is 75.3 Å². The molecule has 0 bridgehead atoms. The van der Waals surface area contributed by atoms with Gasteiger partial charge in [-0.1, -0.05) is 53.7 Å². The number of esters is 2. The molecule has 4 aromatic rings. The van der Waals surface area contributed by atoms with E-state index in [1.54, 1.807) is 61.8 Å². The van der Waals surface area contributed by atoms with Crippen molar-refractivity contribution in [3.05, 3.63) is 85.2 Å². The van der Waals surface area contributed by atoms with Crippen LogP contribution in [0.15, 0.2) is 73.8 Å². The number of pyridine rings is 2. The maximum Gasteiger partial charge on any atom is 0.330 e. The summed E-state index contributed by atoms with van der Waals surface area (Å²) in [5, 5.41) is 21.1. The second kappa shape index (κ2) is 30.7. The van der Waals surface area contributed by atoms with E-state index in [1.807, 2.05) is 90.1 Å². The molecule has 2 saturated heterocycles. The predicted molar refractivity (Wildman–Crippen MR) is 400 cm³/mol. The van der Waals surface area contributed by atoms with Gasteiger partial charge in [-0.2, -0.15) is 0 Å². The Morgan fingerprint density at radius 2 is 0.972 bits per heavy atom. The minimum Gasteiger partial charge on any atom is -0.497 e. The molecule has 107 heavy (non-hydrogen) atoms. The fourth-order valence-corrected chi connectivity index (χ4v) is 16.6. The van der Waals surface area contributed by atoms with Crippen molar-refractivity contribution >= 4 is 89.0 Å². The Bertz CT molecular complexity index is 4390. The van der Waals surface area contributed by atoms with Crippen LogP contribution in [0.1, 0.15) is 196 Å². The molecule has 6 saturated carbocycles. The third-order valence-electron chi connectivity index (χ3n) is 21.1. The fraction of sp³-hybridized carbons (Fsp3) is 0.620. The number of sulfonamides is 1. The van der Waals surface area contributed by atoms with E-state index in [0.29, 0.717) is 53.2 Å². The monoisotopic (exact) mass is 1520 g/mol. The van der Waals surface area contributed by atoms with Crippen LogP contribution in [0.3, 0.4) is 0 Å². The first-order valence-corrected chi connectivity index (χ1v) is 40.4. The number of benzene rings is 2. The number of carbonyl (C=O) groups excluding carboxylic acids is 7. The average Bonchev–Trinajstić information content (AvgIpc) is 1.57. The summed E-state index contributed by atoms with van der Waals surface area (Å²) in [6.07, 6.45) is 8.88. The fourth-order valence-electron chi connectivity index (χ4n) is 14.1. The number of ether oxygens (including phenoxy) is 6. The number of hydrogen-bond acceptors (Lipinski definition) is 20. The zero-order chi connectivity index (χ0) is 78.6. The Hall–Kier alpha value is -8.24. The summed E-state index contributed by atoms with van der Waals surface area (Å²) < 4.78 is 81.3. The summed E-state index contributed by atoms with van der Waals surface area (Å²) in [4.78, 5) is 122. The Morgan fingerprint density at radius 1 is 0.589 bits per heavy atom. The number of carboxylic acids is 1. The number of hydrogen-bond donors (Lipinski definition) is 4. The van der Waals surface area contributed by atoms with Crippen molar-refractivity contribution in [2.24, 2.45) is 39.6 Å². The highest BCUT2D eigenvalue weighted by Gasteiger charge is 2.63.